The van der Waals surface area contributed by atoms with Crippen molar-refractivity contribution in [3.8, 4) is 67.3 Å². The summed E-state index contributed by atoms with van der Waals surface area (Å²) in [7, 11) is 0. The van der Waals surface area contributed by atoms with Crippen LogP contribution in [-0.4, -0.2) is 9.97 Å². The number of hydrogen-bond donors (Lipinski definition) is 0. The van der Waals surface area contributed by atoms with E-state index in [4.69, 9.17) is 9.97 Å². The van der Waals surface area contributed by atoms with Crippen molar-refractivity contribution in [1.29, 1.82) is 0 Å². The molecule has 0 unspecified atom stereocenters. The maximum atomic E-state index is 5.32. The predicted molar refractivity (Wildman–Crippen MR) is 239 cm³/mol. The molecule has 0 fully saturated rings. The highest BCUT2D eigenvalue weighted by Gasteiger charge is 2.36. The zero-order chi connectivity index (χ0) is 38.1. The lowest BCUT2D eigenvalue weighted by Gasteiger charge is -2.22. The first-order valence-electron chi connectivity index (χ1n) is 19.7. The lowest BCUT2D eigenvalue weighted by Crippen LogP contribution is -2.15. The Balaban J connectivity index is 1.03. The van der Waals surface area contributed by atoms with E-state index < -0.39 is 0 Å². The van der Waals surface area contributed by atoms with Gasteiger partial charge in [-0.2, -0.15) is 0 Å². The highest BCUT2D eigenvalue weighted by Crippen LogP contribution is 2.52. The molecule has 0 aliphatic heterocycles. The van der Waals surface area contributed by atoms with E-state index in [1.165, 1.54) is 71.4 Å². The van der Waals surface area contributed by atoms with E-state index in [9.17, 15) is 0 Å². The second-order valence-electron chi connectivity index (χ2n) is 15.7. The molecular weight excluding hydrogens is 689 g/mol. The summed E-state index contributed by atoms with van der Waals surface area (Å²) in [6.07, 6.45) is 0. The Labute approximate surface area is 332 Å². The monoisotopic (exact) mass is 726 g/mol. The first-order valence-corrected chi connectivity index (χ1v) is 19.7. The van der Waals surface area contributed by atoms with Crippen molar-refractivity contribution in [2.24, 2.45) is 0 Å². The summed E-state index contributed by atoms with van der Waals surface area (Å²) in [5.74, 6) is 0.713. The first-order chi connectivity index (χ1) is 28.0. The van der Waals surface area contributed by atoms with Gasteiger partial charge in [0.2, 0.25) is 0 Å². The van der Waals surface area contributed by atoms with Crippen LogP contribution in [0.5, 0.6) is 0 Å². The maximum Gasteiger partial charge on any atom is 0.161 e. The van der Waals surface area contributed by atoms with Crippen molar-refractivity contribution < 1.29 is 0 Å². The van der Waals surface area contributed by atoms with Crippen LogP contribution in [0.4, 0.5) is 0 Å². The summed E-state index contributed by atoms with van der Waals surface area (Å²) in [6, 6.07) is 70.1. The normalized spacial score (nSPS) is 12.9. The van der Waals surface area contributed by atoms with Crippen LogP contribution in [-0.2, 0) is 5.41 Å². The molecule has 2 nitrogen and oxygen atoms in total. The van der Waals surface area contributed by atoms with Crippen LogP contribution in [0.25, 0.3) is 99.6 Å². The van der Waals surface area contributed by atoms with Gasteiger partial charge in [0.05, 0.1) is 11.4 Å². The summed E-state index contributed by atoms with van der Waals surface area (Å²) in [6.45, 7) is 4.73. The van der Waals surface area contributed by atoms with Gasteiger partial charge in [-0.15, -0.1) is 0 Å². The zero-order valence-corrected chi connectivity index (χ0v) is 31.9. The summed E-state index contributed by atoms with van der Waals surface area (Å²) in [4.78, 5) is 10.6. The number of rotatable bonds is 5. The molecule has 57 heavy (non-hydrogen) atoms. The lowest BCUT2D eigenvalue weighted by atomic mass is 9.81. The van der Waals surface area contributed by atoms with E-state index in [-0.39, 0.29) is 5.41 Å². The second kappa shape index (κ2) is 13.0. The van der Waals surface area contributed by atoms with E-state index in [0.29, 0.717) is 5.82 Å². The van der Waals surface area contributed by atoms with Crippen LogP contribution in [0.15, 0.2) is 194 Å². The molecule has 0 N–H and O–H groups in total. The molecular formula is C55H38N2. The summed E-state index contributed by atoms with van der Waals surface area (Å²) in [5, 5.41) is 7.28. The number of fused-ring (bicyclic) bond motifs is 7. The number of nitrogens with zero attached hydrogens (tertiary/aromatic N) is 2. The van der Waals surface area contributed by atoms with Crippen molar-refractivity contribution in [2.45, 2.75) is 19.3 Å². The van der Waals surface area contributed by atoms with Gasteiger partial charge in [-0.25, -0.2) is 9.97 Å². The Morgan fingerprint density at radius 2 is 0.912 bits per heavy atom. The van der Waals surface area contributed by atoms with Gasteiger partial charge >= 0.3 is 0 Å². The molecule has 0 bridgehead atoms. The molecule has 1 heterocycles. The third-order valence-corrected chi connectivity index (χ3v) is 12.1. The highest BCUT2D eigenvalue weighted by molar-refractivity contribution is 6.06. The molecule has 268 valence electrons. The minimum absolute atomic E-state index is 0.0955. The quantitative estimate of drug-likeness (QED) is 0.176. The minimum atomic E-state index is -0.0955. The Morgan fingerprint density at radius 1 is 0.333 bits per heavy atom. The van der Waals surface area contributed by atoms with Gasteiger partial charge in [-0.05, 0) is 101 Å². The molecule has 1 aliphatic carbocycles. The Morgan fingerprint density at radius 3 is 1.74 bits per heavy atom. The molecule has 0 atom stereocenters. The Kier molecular flexibility index (Phi) is 7.55. The van der Waals surface area contributed by atoms with Gasteiger partial charge in [-0.1, -0.05) is 184 Å². The maximum absolute atomic E-state index is 5.32. The van der Waals surface area contributed by atoms with E-state index >= 15 is 0 Å². The van der Waals surface area contributed by atoms with Crippen molar-refractivity contribution in [3.63, 3.8) is 0 Å². The van der Waals surface area contributed by atoms with Crippen molar-refractivity contribution in [1.82, 2.24) is 9.97 Å². The van der Waals surface area contributed by atoms with Crippen molar-refractivity contribution in [3.05, 3.63) is 205 Å². The topological polar surface area (TPSA) is 25.8 Å². The van der Waals surface area contributed by atoms with Crippen LogP contribution >= 0.6 is 0 Å². The van der Waals surface area contributed by atoms with Crippen LogP contribution in [0.1, 0.15) is 25.0 Å². The fraction of sp³-hybridized carbons (Fsp3) is 0.0545. The average molecular weight is 727 g/mol. The van der Waals surface area contributed by atoms with Crippen molar-refractivity contribution in [2.75, 3.05) is 0 Å². The van der Waals surface area contributed by atoms with E-state index in [0.717, 1.165) is 33.5 Å². The third-order valence-electron chi connectivity index (χ3n) is 12.1. The number of aromatic nitrogens is 2. The number of hydrogen-bond acceptors (Lipinski definition) is 2. The van der Waals surface area contributed by atoms with Gasteiger partial charge in [0.25, 0.3) is 0 Å². The van der Waals surface area contributed by atoms with E-state index in [2.05, 4.69) is 202 Å². The fourth-order valence-electron chi connectivity index (χ4n) is 9.21. The summed E-state index contributed by atoms with van der Waals surface area (Å²) in [5.41, 5.74) is 15.2. The van der Waals surface area contributed by atoms with Crippen LogP contribution < -0.4 is 0 Å². The molecule has 0 spiro atoms. The standard InChI is InChI=1S/C55H38N2/c1-55(2)49-31-27-36-15-7-9-22-43(36)53(49)48-28-26-39(33-50(48)55)38-19-12-20-40(32-38)42-29-30-47(45-24-11-10-23-44(42)45)54-56-51(37-16-4-3-5-17-37)34-52(57-54)46-25-13-18-35-14-6-8-21-41(35)46/h3-34H,1-2H3. The SMILES string of the molecule is CC1(C)c2cc(-c3cccc(-c4ccc(-c5nc(-c6ccccc6)cc(-c6cccc7ccccc67)n5)c5ccccc45)c3)ccc2-c2c1ccc1ccccc21. The van der Waals surface area contributed by atoms with E-state index in [1.54, 1.807) is 0 Å². The highest BCUT2D eigenvalue weighted by atomic mass is 14.9. The molecule has 2 heteroatoms. The van der Waals surface area contributed by atoms with Gasteiger partial charge in [0.15, 0.2) is 5.82 Å². The van der Waals surface area contributed by atoms with Gasteiger partial charge in [-0.3, -0.25) is 0 Å². The molecule has 11 rings (SSSR count). The molecule has 9 aromatic carbocycles. The van der Waals surface area contributed by atoms with Gasteiger partial charge in [0, 0.05) is 22.1 Å². The van der Waals surface area contributed by atoms with Gasteiger partial charge in [0.1, 0.15) is 0 Å². The largest absolute Gasteiger partial charge is 0.228 e. The first kappa shape index (κ1) is 33.2. The molecule has 0 radical (unpaired) electrons. The molecule has 0 amide bonds. The number of benzene rings is 9. The Bertz CT molecular complexity index is 3210. The Hall–Kier alpha value is -7.16. The molecule has 1 aliphatic rings. The summed E-state index contributed by atoms with van der Waals surface area (Å²) < 4.78 is 0. The smallest absolute Gasteiger partial charge is 0.161 e. The van der Waals surface area contributed by atoms with Gasteiger partial charge < -0.3 is 0 Å². The lowest BCUT2D eigenvalue weighted by molar-refractivity contribution is 0.661. The molecule has 10 aromatic rings. The fourth-order valence-corrected chi connectivity index (χ4v) is 9.21. The second-order valence-corrected chi connectivity index (χ2v) is 15.7. The van der Waals surface area contributed by atoms with Crippen LogP contribution in [0.2, 0.25) is 0 Å². The zero-order valence-electron chi connectivity index (χ0n) is 31.9. The van der Waals surface area contributed by atoms with Crippen molar-refractivity contribution >= 4 is 32.3 Å². The van der Waals surface area contributed by atoms with E-state index in [1.807, 2.05) is 6.07 Å². The summed E-state index contributed by atoms with van der Waals surface area (Å²) >= 11 is 0. The molecule has 1 aromatic heterocycles. The third kappa shape index (κ3) is 5.40. The van der Waals surface area contributed by atoms with Crippen LogP contribution in [0.3, 0.4) is 0 Å². The minimum Gasteiger partial charge on any atom is -0.228 e. The van der Waals surface area contributed by atoms with Crippen LogP contribution in [0, 0.1) is 0 Å². The predicted octanol–water partition coefficient (Wildman–Crippen LogP) is 14.6. The average Bonchev–Trinajstić information content (AvgIpc) is 3.51. The molecule has 0 saturated carbocycles. The molecule has 0 saturated heterocycles.